The number of aromatic amines is 1. The lowest BCUT2D eigenvalue weighted by Gasteiger charge is -1.90. The van der Waals surface area contributed by atoms with Crippen molar-refractivity contribution in [3.05, 3.63) is 18.2 Å². The summed E-state index contributed by atoms with van der Waals surface area (Å²) in [6, 6.07) is 5.61. The fraction of sp³-hybridized carbons (Fsp3) is 0. The van der Waals surface area contributed by atoms with Crippen molar-refractivity contribution < 1.29 is 0 Å². The molecule has 0 unspecified atom stereocenters. The number of H-pyrrole nitrogens is 1. The lowest BCUT2D eigenvalue weighted by molar-refractivity contribution is 1.09. The first-order chi connectivity index (χ1) is 5.27. The van der Waals surface area contributed by atoms with Gasteiger partial charge in [0.1, 0.15) is 5.52 Å². The van der Waals surface area contributed by atoms with E-state index in [1.165, 1.54) is 0 Å². The van der Waals surface area contributed by atoms with E-state index >= 15 is 0 Å². The fourth-order valence-electron chi connectivity index (χ4n) is 1.04. The van der Waals surface area contributed by atoms with Crippen LogP contribution in [0.15, 0.2) is 23.4 Å². The largest absolute Gasteiger partial charge is 0.397 e. The van der Waals surface area contributed by atoms with Crippen LogP contribution < -0.4 is 5.73 Å². The first kappa shape index (κ1) is 6.54. The van der Waals surface area contributed by atoms with Crippen LogP contribution in [-0.2, 0) is 0 Å². The van der Waals surface area contributed by atoms with Crippen LogP contribution in [0, 0.1) is 0 Å². The average molecular weight is 165 g/mol. The maximum atomic E-state index is 5.65. The number of aromatic nitrogens is 2. The molecule has 2 aromatic rings. The molecule has 3 nitrogen and oxygen atoms in total. The van der Waals surface area contributed by atoms with Crippen molar-refractivity contribution >= 4 is 29.3 Å². The molecular formula is C7H7N3S. The lowest BCUT2D eigenvalue weighted by atomic mass is 10.3. The van der Waals surface area contributed by atoms with Gasteiger partial charge in [-0.3, -0.25) is 0 Å². The van der Waals surface area contributed by atoms with Gasteiger partial charge in [0, 0.05) is 0 Å². The van der Waals surface area contributed by atoms with Gasteiger partial charge in [0.05, 0.1) is 11.2 Å². The Kier molecular flexibility index (Phi) is 1.29. The maximum absolute atomic E-state index is 5.65. The van der Waals surface area contributed by atoms with E-state index in [9.17, 15) is 0 Å². The Labute approximate surface area is 69.0 Å². The molecule has 0 radical (unpaired) electrons. The summed E-state index contributed by atoms with van der Waals surface area (Å²) in [6.45, 7) is 0. The van der Waals surface area contributed by atoms with Gasteiger partial charge in [-0.2, -0.15) is 0 Å². The van der Waals surface area contributed by atoms with Crippen LogP contribution in [0.5, 0.6) is 0 Å². The number of hydrogen-bond acceptors (Lipinski definition) is 3. The van der Waals surface area contributed by atoms with Crippen molar-refractivity contribution in [2.45, 2.75) is 5.16 Å². The molecule has 1 aromatic heterocycles. The molecule has 2 rings (SSSR count). The van der Waals surface area contributed by atoms with Gasteiger partial charge in [-0.05, 0) is 12.1 Å². The second-order valence-corrected chi connectivity index (χ2v) is 2.73. The van der Waals surface area contributed by atoms with Gasteiger partial charge in [-0.15, -0.1) is 12.6 Å². The zero-order valence-electron chi connectivity index (χ0n) is 5.70. The summed E-state index contributed by atoms with van der Waals surface area (Å²) >= 11 is 4.07. The van der Waals surface area contributed by atoms with Crippen molar-refractivity contribution in [2.24, 2.45) is 0 Å². The quantitative estimate of drug-likeness (QED) is 0.408. The number of fused-ring (bicyclic) bond motifs is 1. The monoisotopic (exact) mass is 165 g/mol. The van der Waals surface area contributed by atoms with Gasteiger partial charge < -0.3 is 10.7 Å². The summed E-state index contributed by atoms with van der Waals surface area (Å²) in [4.78, 5) is 7.07. The number of nitrogens with one attached hydrogen (secondary N) is 1. The molecule has 0 aliphatic heterocycles. The summed E-state index contributed by atoms with van der Waals surface area (Å²) in [7, 11) is 0. The minimum atomic E-state index is 0.595. The first-order valence-corrected chi connectivity index (χ1v) is 3.65. The maximum Gasteiger partial charge on any atom is 0.163 e. The van der Waals surface area contributed by atoms with Crippen LogP contribution in [0.3, 0.4) is 0 Å². The van der Waals surface area contributed by atoms with Gasteiger partial charge in [0.15, 0.2) is 5.16 Å². The molecule has 0 fully saturated rings. The summed E-state index contributed by atoms with van der Waals surface area (Å²) in [5, 5.41) is 0.595. The number of thiol groups is 1. The van der Waals surface area contributed by atoms with E-state index in [-0.39, 0.29) is 0 Å². The number of rotatable bonds is 0. The molecular weight excluding hydrogens is 158 g/mol. The third-order valence-corrected chi connectivity index (χ3v) is 1.74. The molecule has 0 saturated carbocycles. The summed E-state index contributed by atoms with van der Waals surface area (Å²) in [5.41, 5.74) is 8.05. The normalized spacial score (nSPS) is 10.6. The molecule has 1 aromatic carbocycles. The smallest absolute Gasteiger partial charge is 0.163 e. The summed E-state index contributed by atoms with van der Waals surface area (Å²) in [5.74, 6) is 0. The van der Waals surface area contributed by atoms with Crippen molar-refractivity contribution in [3.63, 3.8) is 0 Å². The van der Waals surface area contributed by atoms with E-state index in [1.807, 2.05) is 18.2 Å². The van der Waals surface area contributed by atoms with E-state index in [4.69, 9.17) is 5.73 Å². The number of nitrogens with two attached hydrogens (primary N) is 1. The van der Waals surface area contributed by atoms with Crippen LogP contribution in [0.2, 0.25) is 0 Å². The highest BCUT2D eigenvalue weighted by molar-refractivity contribution is 7.80. The number of benzene rings is 1. The highest BCUT2D eigenvalue weighted by atomic mass is 32.1. The molecule has 0 aliphatic rings. The van der Waals surface area contributed by atoms with Crippen molar-refractivity contribution in [3.8, 4) is 0 Å². The number of nitrogen functional groups attached to an aromatic ring is 1. The Morgan fingerprint density at radius 1 is 1.45 bits per heavy atom. The Morgan fingerprint density at radius 3 is 3.00 bits per heavy atom. The Bertz CT molecular complexity index is 393. The SMILES string of the molecule is Nc1cccc2[nH]c(S)nc12. The third-order valence-electron chi connectivity index (χ3n) is 1.53. The predicted octanol–water partition coefficient (Wildman–Crippen LogP) is 1.43. The number of imidazole rings is 1. The van der Waals surface area contributed by atoms with Gasteiger partial charge in [-0.1, -0.05) is 6.07 Å². The van der Waals surface area contributed by atoms with Gasteiger partial charge >= 0.3 is 0 Å². The summed E-state index contributed by atoms with van der Waals surface area (Å²) < 4.78 is 0. The third kappa shape index (κ3) is 0.952. The second kappa shape index (κ2) is 2.17. The topological polar surface area (TPSA) is 54.7 Å². The average Bonchev–Trinajstić information content (AvgIpc) is 2.31. The van der Waals surface area contributed by atoms with E-state index in [0.29, 0.717) is 10.8 Å². The van der Waals surface area contributed by atoms with Crippen LogP contribution >= 0.6 is 12.6 Å². The zero-order chi connectivity index (χ0) is 7.84. The van der Waals surface area contributed by atoms with Gasteiger partial charge in [0.2, 0.25) is 0 Å². The standard InChI is InChI=1S/C7H7N3S/c8-4-2-1-3-5-6(4)10-7(11)9-5/h1-3H,8H2,(H2,9,10,11). The molecule has 4 heteroatoms. The van der Waals surface area contributed by atoms with Gasteiger partial charge in [0.25, 0.3) is 0 Å². The minimum absolute atomic E-state index is 0.595. The number of anilines is 1. The fourth-order valence-corrected chi connectivity index (χ4v) is 1.26. The molecule has 3 N–H and O–H groups in total. The molecule has 0 aliphatic carbocycles. The first-order valence-electron chi connectivity index (χ1n) is 3.20. The van der Waals surface area contributed by atoms with Crippen LogP contribution in [0.1, 0.15) is 0 Å². The molecule has 0 atom stereocenters. The molecule has 0 bridgehead atoms. The minimum Gasteiger partial charge on any atom is -0.397 e. The van der Waals surface area contributed by atoms with Crippen molar-refractivity contribution in [1.82, 2.24) is 9.97 Å². The van der Waals surface area contributed by atoms with Crippen LogP contribution in [0.25, 0.3) is 11.0 Å². The number of para-hydroxylation sites is 1. The molecule has 0 spiro atoms. The molecule has 0 amide bonds. The summed E-state index contributed by atoms with van der Waals surface area (Å²) in [6.07, 6.45) is 0. The van der Waals surface area contributed by atoms with E-state index in [2.05, 4.69) is 22.6 Å². The zero-order valence-corrected chi connectivity index (χ0v) is 6.60. The molecule has 11 heavy (non-hydrogen) atoms. The van der Waals surface area contributed by atoms with E-state index < -0.39 is 0 Å². The van der Waals surface area contributed by atoms with Crippen LogP contribution in [-0.4, -0.2) is 9.97 Å². The van der Waals surface area contributed by atoms with Gasteiger partial charge in [-0.25, -0.2) is 4.98 Å². The van der Waals surface area contributed by atoms with Crippen LogP contribution in [0.4, 0.5) is 5.69 Å². The highest BCUT2D eigenvalue weighted by Crippen LogP contribution is 2.18. The van der Waals surface area contributed by atoms with E-state index in [0.717, 1.165) is 11.0 Å². The van der Waals surface area contributed by atoms with Crippen molar-refractivity contribution in [2.75, 3.05) is 5.73 Å². The van der Waals surface area contributed by atoms with Crippen molar-refractivity contribution in [1.29, 1.82) is 0 Å². The van der Waals surface area contributed by atoms with E-state index in [1.54, 1.807) is 0 Å². The Hall–Kier alpha value is -1.16. The molecule has 0 saturated heterocycles. The predicted molar refractivity (Wildman–Crippen MR) is 47.8 cm³/mol. The molecule has 1 heterocycles. The second-order valence-electron chi connectivity index (χ2n) is 2.30. The highest BCUT2D eigenvalue weighted by Gasteiger charge is 2.00. The molecule has 56 valence electrons. The Balaban J connectivity index is 2.90. The number of hydrogen-bond donors (Lipinski definition) is 3. The lowest BCUT2D eigenvalue weighted by Crippen LogP contribution is -1.84. The number of nitrogens with zero attached hydrogens (tertiary/aromatic N) is 1. The Morgan fingerprint density at radius 2 is 2.27 bits per heavy atom.